The molecule has 2 aromatic rings. The van der Waals surface area contributed by atoms with Crippen molar-refractivity contribution in [1.29, 1.82) is 0 Å². The molecule has 2 rings (SSSR count). The lowest BCUT2D eigenvalue weighted by Crippen LogP contribution is -2.18. The van der Waals surface area contributed by atoms with E-state index in [2.05, 4.69) is 59.9 Å². The van der Waals surface area contributed by atoms with Gasteiger partial charge >= 0.3 is 0 Å². The van der Waals surface area contributed by atoms with E-state index in [0.717, 1.165) is 20.5 Å². The Bertz CT molecular complexity index is 471. The Balaban J connectivity index is 2.08. The molecule has 0 spiro atoms. The molecule has 0 amide bonds. The van der Waals surface area contributed by atoms with E-state index in [1.807, 2.05) is 24.3 Å². The van der Waals surface area contributed by atoms with Gasteiger partial charge in [-0.2, -0.15) is 0 Å². The van der Waals surface area contributed by atoms with E-state index in [-0.39, 0.29) is 0 Å². The van der Waals surface area contributed by atoms with Crippen molar-refractivity contribution in [3.05, 3.63) is 36.8 Å². The van der Waals surface area contributed by atoms with Crippen LogP contribution in [0.4, 0.5) is 5.95 Å². The van der Waals surface area contributed by atoms with Crippen molar-refractivity contribution in [3.63, 3.8) is 0 Å². The van der Waals surface area contributed by atoms with E-state index in [1.165, 1.54) is 4.88 Å². The molecule has 0 atom stereocenters. The number of nitrogens with zero attached hydrogens (tertiary/aromatic N) is 3. The summed E-state index contributed by atoms with van der Waals surface area (Å²) in [5.74, 6) is 0.755. The van der Waals surface area contributed by atoms with Gasteiger partial charge in [0.1, 0.15) is 0 Å². The van der Waals surface area contributed by atoms with Crippen LogP contribution in [-0.2, 0) is 6.54 Å². The summed E-state index contributed by atoms with van der Waals surface area (Å²) in [4.78, 5) is 11.9. The number of hydrogen-bond donors (Lipinski definition) is 0. The fourth-order valence-electron chi connectivity index (χ4n) is 1.24. The third kappa shape index (κ3) is 3.14. The van der Waals surface area contributed by atoms with E-state index in [1.54, 1.807) is 11.3 Å². The molecule has 0 bridgehead atoms. The molecule has 0 saturated heterocycles. The maximum Gasteiger partial charge on any atom is 0.225 e. The minimum atomic E-state index is 0.755. The minimum absolute atomic E-state index is 0.755. The molecule has 0 unspecified atom stereocenters. The molecule has 0 aliphatic carbocycles. The van der Waals surface area contributed by atoms with Gasteiger partial charge in [0, 0.05) is 37.7 Å². The van der Waals surface area contributed by atoms with Gasteiger partial charge in [-0.25, -0.2) is 9.97 Å². The van der Waals surface area contributed by atoms with Crippen LogP contribution in [0.1, 0.15) is 4.88 Å². The highest BCUT2D eigenvalue weighted by atomic mass is 127. The van der Waals surface area contributed by atoms with Crippen LogP contribution in [0.2, 0.25) is 0 Å². The monoisotopic (exact) mass is 409 g/mol. The molecule has 0 aliphatic heterocycles. The summed E-state index contributed by atoms with van der Waals surface area (Å²) in [6.45, 7) is 0.830. The van der Waals surface area contributed by atoms with E-state index in [0.29, 0.717) is 0 Å². The number of thiophene rings is 1. The van der Waals surface area contributed by atoms with E-state index >= 15 is 0 Å². The van der Waals surface area contributed by atoms with Crippen molar-refractivity contribution in [2.24, 2.45) is 0 Å². The van der Waals surface area contributed by atoms with Gasteiger partial charge in [0.2, 0.25) is 5.95 Å². The van der Waals surface area contributed by atoms with Gasteiger partial charge in [0.15, 0.2) is 0 Å². The smallest absolute Gasteiger partial charge is 0.225 e. The summed E-state index contributed by atoms with van der Waals surface area (Å²) in [5, 5.41) is 2.08. The van der Waals surface area contributed by atoms with Gasteiger partial charge in [-0.05, 0) is 44.6 Å². The van der Waals surface area contributed by atoms with Crippen molar-refractivity contribution in [2.45, 2.75) is 6.54 Å². The van der Waals surface area contributed by atoms with Gasteiger partial charge in [0.05, 0.1) is 6.54 Å². The molecule has 6 heteroatoms. The first-order chi connectivity index (χ1) is 7.65. The normalized spacial score (nSPS) is 10.4. The standard InChI is InChI=1S/C10H9BrIN3S/c1-15(5-9-2-7(11)6-16-9)10-13-3-8(12)4-14-10/h2-4,6H,5H2,1H3. The predicted molar refractivity (Wildman–Crippen MR) is 78.9 cm³/mol. The first-order valence-corrected chi connectivity index (χ1v) is 7.32. The minimum Gasteiger partial charge on any atom is -0.339 e. The first kappa shape index (κ1) is 12.3. The summed E-state index contributed by atoms with van der Waals surface area (Å²) in [7, 11) is 2.00. The van der Waals surface area contributed by atoms with Gasteiger partial charge in [-0.3, -0.25) is 0 Å². The van der Waals surface area contributed by atoms with Gasteiger partial charge in [-0.1, -0.05) is 0 Å². The zero-order chi connectivity index (χ0) is 11.5. The topological polar surface area (TPSA) is 29.0 Å². The molecule has 0 aromatic carbocycles. The second kappa shape index (κ2) is 5.42. The van der Waals surface area contributed by atoms with Gasteiger partial charge < -0.3 is 4.90 Å². The summed E-state index contributed by atoms with van der Waals surface area (Å²) in [6.07, 6.45) is 3.65. The fraction of sp³-hybridized carbons (Fsp3) is 0.200. The molecular formula is C10H9BrIN3S. The predicted octanol–water partition coefficient (Wildman–Crippen LogP) is 3.54. The Labute approximate surface area is 120 Å². The first-order valence-electron chi connectivity index (χ1n) is 4.57. The molecule has 0 fully saturated rings. The Kier molecular flexibility index (Phi) is 4.15. The largest absolute Gasteiger partial charge is 0.339 e. The summed E-state index contributed by atoms with van der Waals surface area (Å²) >= 11 is 7.38. The fourth-order valence-corrected chi connectivity index (χ4v) is 3.03. The number of hydrogen-bond acceptors (Lipinski definition) is 4. The van der Waals surface area contributed by atoms with Crippen molar-refractivity contribution in [3.8, 4) is 0 Å². The molecule has 3 nitrogen and oxygen atoms in total. The zero-order valence-corrected chi connectivity index (χ0v) is 13.1. The van der Waals surface area contributed by atoms with Crippen LogP contribution < -0.4 is 4.90 Å². The van der Waals surface area contributed by atoms with Crippen molar-refractivity contribution in [2.75, 3.05) is 11.9 Å². The van der Waals surface area contributed by atoms with Crippen LogP contribution in [0.25, 0.3) is 0 Å². The maximum atomic E-state index is 4.28. The highest BCUT2D eigenvalue weighted by Crippen LogP contribution is 2.21. The Morgan fingerprint density at radius 1 is 1.44 bits per heavy atom. The van der Waals surface area contributed by atoms with Gasteiger partial charge in [0.25, 0.3) is 0 Å². The summed E-state index contributed by atoms with van der Waals surface area (Å²) in [6, 6.07) is 2.12. The van der Waals surface area contributed by atoms with Crippen LogP contribution in [0.3, 0.4) is 0 Å². The highest BCUT2D eigenvalue weighted by Gasteiger charge is 2.06. The van der Waals surface area contributed by atoms with Crippen LogP contribution in [0, 0.1) is 3.57 Å². The average molecular weight is 410 g/mol. The molecule has 0 N–H and O–H groups in total. The molecule has 16 heavy (non-hydrogen) atoms. The Hall–Kier alpha value is -0.210. The van der Waals surface area contributed by atoms with Crippen molar-refractivity contribution < 1.29 is 0 Å². The molecule has 0 radical (unpaired) electrons. The van der Waals surface area contributed by atoms with Crippen LogP contribution in [0.15, 0.2) is 28.3 Å². The van der Waals surface area contributed by atoms with Crippen LogP contribution in [0.5, 0.6) is 0 Å². The Morgan fingerprint density at radius 2 is 2.12 bits per heavy atom. The van der Waals surface area contributed by atoms with E-state index in [9.17, 15) is 0 Å². The zero-order valence-electron chi connectivity index (χ0n) is 8.52. The maximum absolute atomic E-state index is 4.28. The quantitative estimate of drug-likeness (QED) is 0.726. The Morgan fingerprint density at radius 3 is 2.69 bits per heavy atom. The number of halogens is 2. The number of rotatable bonds is 3. The highest BCUT2D eigenvalue weighted by molar-refractivity contribution is 14.1. The van der Waals surface area contributed by atoms with Crippen molar-refractivity contribution >= 4 is 55.8 Å². The lowest BCUT2D eigenvalue weighted by molar-refractivity contribution is 0.876. The second-order valence-corrected chi connectivity index (χ2v) is 6.45. The molecule has 2 heterocycles. The molecule has 2 aromatic heterocycles. The summed E-state index contributed by atoms with van der Waals surface area (Å²) < 4.78 is 2.18. The van der Waals surface area contributed by atoms with Crippen molar-refractivity contribution in [1.82, 2.24) is 9.97 Å². The summed E-state index contributed by atoms with van der Waals surface area (Å²) in [5.41, 5.74) is 0. The third-order valence-corrected chi connectivity index (χ3v) is 4.20. The lowest BCUT2D eigenvalue weighted by atomic mass is 10.4. The van der Waals surface area contributed by atoms with Crippen LogP contribution in [-0.4, -0.2) is 17.0 Å². The SMILES string of the molecule is CN(Cc1cc(Br)cs1)c1ncc(I)cn1. The molecule has 0 aliphatic rings. The number of aromatic nitrogens is 2. The molecule has 84 valence electrons. The molecule has 0 saturated carbocycles. The van der Waals surface area contributed by atoms with Gasteiger partial charge in [-0.15, -0.1) is 11.3 Å². The lowest BCUT2D eigenvalue weighted by Gasteiger charge is -2.15. The molecular weight excluding hydrogens is 401 g/mol. The van der Waals surface area contributed by atoms with E-state index < -0.39 is 0 Å². The third-order valence-electron chi connectivity index (χ3n) is 1.96. The number of anilines is 1. The average Bonchev–Trinajstić information content (AvgIpc) is 2.65. The van der Waals surface area contributed by atoms with E-state index in [4.69, 9.17) is 0 Å². The second-order valence-electron chi connectivity index (χ2n) is 3.29. The van der Waals surface area contributed by atoms with Crippen LogP contribution >= 0.6 is 49.9 Å².